The smallest absolute Gasteiger partial charge is 0.143 e. The summed E-state index contributed by atoms with van der Waals surface area (Å²) in [6.45, 7) is 0. The number of hydrogen-bond donors (Lipinski definition) is 0. The predicted octanol–water partition coefficient (Wildman–Crippen LogP) is 16.8. The van der Waals surface area contributed by atoms with E-state index >= 15 is 0 Å². The third kappa shape index (κ3) is 5.90. The molecule has 2 heterocycles. The lowest BCUT2D eigenvalue weighted by Gasteiger charge is -2.28. The zero-order valence-electron chi connectivity index (χ0n) is 33.1. The number of para-hydroxylation sites is 2. The molecule has 0 radical (unpaired) electrons. The van der Waals surface area contributed by atoms with Crippen LogP contribution in [0.25, 0.3) is 99.2 Å². The van der Waals surface area contributed by atoms with Crippen molar-refractivity contribution in [1.29, 1.82) is 0 Å². The van der Waals surface area contributed by atoms with E-state index in [4.69, 9.17) is 8.83 Å². The quantitative estimate of drug-likeness (QED) is 0.161. The fourth-order valence-electron chi connectivity index (χ4n) is 9.21. The first-order valence-corrected chi connectivity index (χ1v) is 20.7. The van der Waals surface area contributed by atoms with Crippen molar-refractivity contribution >= 4 is 71.7 Å². The maximum Gasteiger partial charge on any atom is 0.143 e. The fraction of sp³-hybridized carbons (Fsp3) is 0. The van der Waals surface area contributed by atoms with E-state index in [-0.39, 0.29) is 0 Å². The van der Waals surface area contributed by atoms with Crippen LogP contribution in [-0.4, -0.2) is 0 Å². The number of nitrogens with zero attached hydrogens (tertiary/aromatic N) is 1. The van der Waals surface area contributed by atoms with Crippen LogP contribution in [0.2, 0.25) is 0 Å². The second kappa shape index (κ2) is 14.3. The Morgan fingerprint density at radius 2 is 0.820 bits per heavy atom. The minimum atomic E-state index is 0.886. The molecule has 10 aromatic carbocycles. The zero-order chi connectivity index (χ0) is 40.3. The van der Waals surface area contributed by atoms with Crippen LogP contribution in [0.15, 0.2) is 233 Å². The molecule has 0 spiro atoms. The van der Waals surface area contributed by atoms with Gasteiger partial charge in [0.1, 0.15) is 22.3 Å². The topological polar surface area (TPSA) is 29.5 Å². The van der Waals surface area contributed by atoms with E-state index in [1.807, 2.05) is 18.2 Å². The van der Waals surface area contributed by atoms with Gasteiger partial charge in [0, 0.05) is 43.9 Å². The summed E-state index contributed by atoms with van der Waals surface area (Å²) in [7, 11) is 0. The Hall–Kier alpha value is -8.14. The molecular formula is C58H37NO2. The Balaban J connectivity index is 0.975. The van der Waals surface area contributed by atoms with Gasteiger partial charge < -0.3 is 13.7 Å². The molecule has 0 amide bonds. The van der Waals surface area contributed by atoms with Crippen molar-refractivity contribution < 1.29 is 8.83 Å². The van der Waals surface area contributed by atoms with Crippen molar-refractivity contribution in [3.8, 4) is 44.5 Å². The Morgan fingerprint density at radius 3 is 1.57 bits per heavy atom. The molecule has 3 nitrogen and oxygen atoms in total. The van der Waals surface area contributed by atoms with Crippen molar-refractivity contribution in [2.45, 2.75) is 0 Å². The fourth-order valence-corrected chi connectivity index (χ4v) is 9.21. The van der Waals surface area contributed by atoms with E-state index in [2.05, 4.69) is 211 Å². The van der Waals surface area contributed by atoms with Gasteiger partial charge in [0.15, 0.2) is 0 Å². The maximum atomic E-state index is 6.51. The molecule has 61 heavy (non-hydrogen) atoms. The first-order valence-electron chi connectivity index (χ1n) is 20.7. The van der Waals surface area contributed by atoms with Gasteiger partial charge in [0.2, 0.25) is 0 Å². The largest absolute Gasteiger partial charge is 0.456 e. The van der Waals surface area contributed by atoms with Crippen molar-refractivity contribution in [2.75, 3.05) is 4.90 Å². The second-order valence-corrected chi connectivity index (χ2v) is 15.6. The molecule has 0 unspecified atom stereocenters. The van der Waals surface area contributed by atoms with E-state index in [0.717, 1.165) is 94.3 Å². The molecule has 12 aromatic rings. The van der Waals surface area contributed by atoms with Crippen LogP contribution in [0.5, 0.6) is 0 Å². The van der Waals surface area contributed by atoms with Gasteiger partial charge in [-0.25, -0.2) is 0 Å². The summed E-state index contributed by atoms with van der Waals surface area (Å²) in [5, 5.41) is 6.88. The highest BCUT2D eigenvalue weighted by molar-refractivity contribution is 6.13. The molecule has 0 aliphatic rings. The lowest BCUT2D eigenvalue weighted by Crippen LogP contribution is -2.10. The van der Waals surface area contributed by atoms with Gasteiger partial charge in [-0.3, -0.25) is 0 Å². The number of fused-ring (bicyclic) bond motifs is 7. The van der Waals surface area contributed by atoms with Crippen LogP contribution >= 0.6 is 0 Å². The third-order valence-electron chi connectivity index (χ3n) is 12.1. The van der Waals surface area contributed by atoms with Gasteiger partial charge in [0.25, 0.3) is 0 Å². The van der Waals surface area contributed by atoms with Crippen molar-refractivity contribution in [3.63, 3.8) is 0 Å². The molecule has 0 fully saturated rings. The predicted molar refractivity (Wildman–Crippen MR) is 255 cm³/mol. The normalized spacial score (nSPS) is 11.6. The summed E-state index contributed by atoms with van der Waals surface area (Å²) in [6.07, 6.45) is 0. The summed E-state index contributed by atoms with van der Waals surface area (Å²) in [4.78, 5) is 2.39. The van der Waals surface area contributed by atoms with Crippen molar-refractivity contribution in [3.05, 3.63) is 224 Å². The van der Waals surface area contributed by atoms with Crippen LogP contribution in [0, 0.1) is 0 Å². The van der Waals surface area contributed by atoms with Gasteiger partial charge in [0.05, 0.1) is 5.69 Å². The van der Waals surface area contributed by atoms with Crippen LogP contribution in [0.4, 0.5) is 17.1 Å². The highest BCUT2D eigenvalue weighted by Crippen LogP contribution is 2.44. The molecule has 0 N–H and O–H groups in total. The van der Waals surface area contributed by atoms with Crippen LogP contribution in [0.1, 0.15) is 0 Å². The van der Waals surface area contributed by atoms with E-state index < -0.39 is 0 Å². The molecule has 12 rings (SSSR count). The summed E-state index contributed by atoms with van der Waals surface area (Å²) in [6, 6.07) is 79.9. The Labute approximate surface area is 353 Å². The summed E-state index contributed by atoms with van der Waals surface area (Å²) in [5.74, 6) is 0. The molecule has 0 saturated carbocycles. The minimum absolute atomic E-state index is 0.886. The van der Waals surface area contributed by atoms with E-state index in [1.54, 1.807) is 0 Å². The maximum absolute atomic E-state index is 6.51. The van der Waals surface area contributed by atoms with Crippen molar-refractivity contribution in [1.82, 2.24) is 0 Å². The standard InChI is InChI=1S/C58H37NO2/c1-3-13-39(14-4-1)45-34-35-53(49-18-8-7-17-48(45)49)59(44-32-27-41(28-33-44)46-20-12-24-56-57(46)51-19-9-10-23-54(51)60-56)43-30-25-38(26-31-43)42-29-36-55-52(37-42)50-22-11-21-47(58(50)61-55)40-15-5-2-6-16-40/h1-37H. The van der Waals surface area contributed by atoms with Gasteiger partial charge in [-0.05, 0) is 98.9 Å². The average molecular weight is 780 g/mol. The minimum Gasteiger partial charge on any atom is -0.456 e. The van der Waals surface area contributed by atoms with Crippen molar-refractivity contribution in [2.24, 2.45) is 0 Å². The molecule has 286 valence electrons. The zero-order valence-corrected chi connectivity index (χ0v) is 33.1. The molecule has 0 aliphatic carbocycles. The van der Waals surface area contributed by atoms with Gasteiger partial charge in [-0.15, -0.1) is 0 Å². The lowest BCUT2D eigenvalue weighted by molar-refractivity contribution is 0.669. The first kappa shape index (κ1) is 34.9. The molecule has 0 atom stereocenters. The first-order chi connectivity index (χ1) is 30.2. The third-order valence-corrected chi connectivity index (χ3v) is 12.1. The van der Waals surface area contributed by atoms with Crippen LogP contribution in [0.3, 0.4) is 0 Å². The summed E-state index contributed by atoms with van der Waals surface area (Å²) in [5.41, 5.74) is 16.1. The van der Waals surface area contributed by atoms with E-state index in [9.17, 15) is 0 Å². The molecule has 0 aliphatic heterocycles. The molecule has 2 aromatic heterocycles. The second-order valence-electron chi connectivity index (χ2n) is 15.6. The van der Waals surface area contributed by atoms with Gasteiger partial charge >= 0.3 is 0 Å². The average Bonchev–Trinajstić information content (AvgIpc) is 3.91. The van der Waals surface area contributed by atoms with Gasteiger partial charge in [-0.2, -0.15) is 0 Å². The monoisotopic (exact) mass is 779 g/mol. The Morgan fingerprint density at radius 1 is 0.279 bits per heavy atom. The lowest BCUT2D eigenvalue weighted by atomic mass is 9.96. The number of furan rings is 2. The molecular weight excluding hydrogens is 743 g/mol. The highest BCUT2D eigenvalue weighted by Gasteiger charge is 2.20. The summed E-state index contributed by atoms with van der Waals surface area (Å²) < 4.78 is 12.8. The number of benzene rings is 10. The van der Waals surface area contributed by atoms with E-state index in [1.165, 1.54) is 21.9 Å². The SMILES string of the molecule is c1ccc(-c2ccc(N(c3ccc(-c4ccc5oc6c(-c7ccccc7)cccc6c5c4)cc3)c3ccc(-c4cccc5oc6ccccc6c45)cc3)c3ccccc23)cc1. The van der Waals surface area contributed by atoms with Gasteiger partial charge in [-0.1, -0.05) is 170 Å². The molecule has 0 bridgehead atoms. The molecule has 0 saturated heterocycles. The number of rotatable bonds is 7. The number of hydrogen-bond acceptors (Lipinski definition) is 3. The van der Waals surface area contributed by atoms with Crippen LogP contribution < -0.4 is 4.90 Å². The Bertz CT molecular complexity index is 3560. The Kier molecular flexibility index (Phi) is 8.17. The summed E-state index contributed by atoms with van der Waals surface area (Å²) >= 11 is 0. The van der Waals surface area contributed by atoms with E-state index in [0.29, 0.717) is 0 Å². The van der Waals surface area contributed by atoms with Crippen LogP contribution in [-0.2, 0) is 0 Å². The highest BCUT2D eigenvalue weighted by atomic mass is 16.3. The number of anilines is 3. The molecule has 3 heteroatoms.